The number of aromatic nitrogens is 2. The van der Waals surface area contributed by atoms with Crippen molar-refractivity contribution < 1.29 is 13.6 Å². The first kappa shape index (κ1) is 18.1. The van der Waals surface area contributed by atoms with E-state index in [9.17, 15) is 4.79 Å². The van der Waals surface area contributed by atoms with E-state index in [0.717, 1.165) is 30.7 Å². The Morgan fingerprint density at radius 3 is 3.00 bits per heavy atom. The van der Waals surface area contributed by atoms with Crippen molar-refractivity contribution in [3.05, 3.63) is 41.8 Å². The maximum atomic E-state index is 12.8. The molecule has 2 aromatic rings. The molecule has 1 amide bonds. The summed E-state index contributed by atoms with van der Waals surface area (Å²) in [6.45, 7) is 0.458. The van der Waals surface area contributed by atoms with Crippen molar-refractivity contribution >= 4 is 29.4 Å². The Morgan fingerprint density at radius 1 is 1.36 bits per heavy atom. The lowest BCUT2D eigenvalue weighted by Crippen LogP contribution is -2.32. The Labute approximate surface area is 155 Å². The molecule has 0 aliphatic heterocycles. The van der Waals surface area contributed by atoms with Gasteiger partial charge in [0.05, 0.1) is 24.3 Å². The SMILES string of the molecule is CSCc1nnc(SCC(=O)N(Cc2ccco2)C2=CCCCC2)o1. The number of furan rings is 1. The molecule has 0 aromatic carbocycles. The van der Waals surface area contributed by atoms with Crippen molar-refractivity contribution in [1.29, 1.82) is 0 Å². The fraction of sp³-hybridized carbons (Fsp3) is 0.471. The molecule has 2 heterocycles. The standard InChI is InChI=1S/C17H21N3O3S2/c1-24-11-15-18-19-17(23-15)25-12-16(21)20(10-14-8-5-9-22-14)13-6-3-2-4-7-13/h5-6,8-9H,2-4,7,10-12H2,1H3. The van der Waals surface area contributed by atoms with Crippen LogP contribution in [0, 0.1) is 0 Å². The van der Waals surface area contributed by atoms with E-state index in [4.69, 9.17) is 8.83 Å². The maximum Gasteiger partial charge on any atom is 0.277 e. The van der Waals surface area contributed by atoms with Gasteiger partial charge in [-0.2, -0.15) is 11.8 Å². The van der Waals surface area contributed by atoms with E-state index >= 15 is 0 Å². The fourth-order valence-electron chi connectivity index (χ4n) is 2.65. The highest BCUT2D eigenvalue weighted by Gasteiger charge is 2.22. The summed E-state index contributed by atoms with van der Waals surface area (Å²) in [7, 11) is 0. The Balaban J connectivity index is 1.64. The molecule has 0 unspecified atom stereocenters. The fourth-order valence-corrected chi connectivity index (χ4v) is 3.67. The van der Waals surface area contributed by atoms with E-state index in [1.165, 1.54) is 18.2 Å². The minimum Gasteiger partial charge on any atom is -0.467 e. The van der Waals surface area contributed by atoms with Crippen molar-refractivity contribution in [2.24, 2.45) is 0 Å². The third-order valence-corrected chi connectivity index (χ3v) is 5.18. The highest BCUT2D eigenvalue weighted by atomic mass is 32.2. The summed E-state index contributed by atoms with van der Waals surface area (Å²) < 4.78 is 10.9. The summed E-state index contributed by atoms with van der Waals surface area (Å²) >= 11 is 2.90. The van der Waals surface area contributed by atoms with Crippen LogP contribution in [0.4, 0.5) is 0 Å². The second-order valence-electron chi connectivity index (χ2n) is 5.68. The summed E-state index contributed by atoms with van der Waals surface area (Å²) in [5.41, 5.74) is 1.09. The van der Waals surface area contributed by atoms with Crippen LogP contribution >= 0.6 is 23.5 Å². The molecule has 0 radical (unpaired) electrons. The molecule has 1 aliphatic rings. The number of carbonyl (C=O) groups excluding carboxylic acids is 1. The summed E-state index contributed by atoms with van der Waals surface area (Å²) in [6.07, 6.45) is 10.0. The van der Waals surface area contributed by atoms with Gasteiger partial charge in [-0.1, -0.05) is 17.8 Å². The summed E-state index contributed by atoms with van der Waals surface area (Å²) in [6, 6.07) is 3.73. The van der Waals surface area contributed by atoms with Gasteiger partial charge in [-0.25, -0.2) is 0 Å². The predicted octanol–water partition coefficient (Wildman–Crippen LogP) is 4.10. The molecule has 134 valence electrons. The molecule has 6 nitrogen and oxygen atoms in total. The number of carbonyl (C=O) groups is 1. The van der Waals surface area contributed by atoms with Crippen molar-refractivity contribution in [2.45, 2.75) is 43.2 Å². The van der Waals surface area contributed by atoms with Crippen LogP contribution in [0.15, 0.2) is 44.2 Å². The predicted molar refractivity (Wildman–Crippen MR) is 98.1 cm³/mol. The number of rotatable bonds is 8. The third-order valence-electron chi connectivity index (χ3n) is 3.84. The van der Waals surface area contributed by atoms with Crippen LogP contribution < -0.4 is 0 Å². The number of hydrogen-bond acceptors (Lipinski definition) is 7. The van der Waals surface area contributed by atoms with E-state index < -0.39 is 0 Å². The molecule has 0 bridgehead atoms. The molecule has 0 spiro atoms. The van der Waals surface area contributed by atoms with Crippen LogP contribution in [0.2, 0.25) is 0 Å². The van der Waals surface area contributed by atoms with Crippen LogP contribution in [-0.2, 0) is 17.1 Å². The zero-order valence-electron chi connectivity index (χ0n) is 14.1. The minimum atomic E-state index is 0.0270. The van der Waals surface area contributed by atoms with E-state index in [1.807, 2.05) is 23.3 Å². The van der Waals surface area contributed by atoms with E-state index in [-0.39, 0.29) is 11.7 Å². The van der Waals surface area contributed by atoms with Crippen molar-refractivity contribution in [1.82, 2.24) is 15.1 Å². The van der Waals surface area contributed by atoms with E-state index in [2.05, 4.69) is 16.3 Å². The molecule has 25 heavy (non-hydrogen) atoms. The molecule has 0 saturated heterocycles. The van der Waals surface area contributed by atoms with Gasteiger partial charge < -0.3 is 13.7 Å². The highest BCUT2D eigenvalue weighted by Crippen LogP contribution is 2.25. The van der Waals surface area contributed by atoms with Crippen molar-refractivity contribution in [3.63, 3.8) is 0 Å². The van der Waals surface area contributed by atoms with Gasteiger partial charge in [0, 0.05) is 5.70 Å². The molecule has 8 heteroatoms. The zero-order valence-corrected chi connectivity index (χ0v) is 15.8. The Bertz CT molecular complexity index is 713. The highest BCUT2D eigenvalue weighted by molar-refractivity contribution is 7.99. The lowest BCUT2D eigenvalue weighted by molar-refractivity contribution is -0.127. The number of thioether (sulfide) groups is 2. The largest absolute Gasteiger partial charge is 0.467 e. The van der Waals surface area contributed by atoms with Crippen LogP contribution in [0.3, 0.4) is 0 Å². The first-order valence-corrected chi connectivity index (χ1v) is 10.6. The van der Waals surface area contributed by atoms with Gasteiger partial charge in [0.25, 0.3) is 5.22 Å². The molecule has 0 fully saturated rings. The maximum absolute atomic E-state index is 12.8. The quantitative estimate of drug-likeness (QED) is 0.639. The van der Waals surface area contributed by atoms with Crippen LogP contribution in [0.25, 0.3) is 0 Å². The van der Waals surface area contributed by atoms with Crippen molar-refractivity contribution in [3.8, 4) is 0 Å². The molecule has 3 rings (SSSR count). The van der Waals surface area contributed by atoms with Gasteiger partial charge in [0.2, 0.25) is 11.8 Å². The van der Waals surface area contributed by atoms with Crippen LogP contribution in [-0.4, -0.2) is 33.0 Å². The molecular formula is C17H21N3O3S2. The van der Waals surface area contributed by atoms with Gasteiger partial charge >= 0.3 is 0 Å². The molecular weight excluding hydrogens is 358 g/mol. The number of hydrogen-bond donors (Lipinski definition) is 0. The van der Waals surface area contributed by atoms with Gasteiger partial charge in [0.15, 0.2) is 0 Å². The smallest absolute Gasteiger partial charge is 0.277 e. The van der Waals surface area contributed by atoms with E-state index in [1.54, 1.807) is 18.0 Å². The number of nitrogens with zero attached hydrogens (tertiary/aromatic N) is 3. The monoisotopic (exact) mass is 379 g/mol. The molecule has 0 saturated carbocycles. The second kappa shape index (κ2) is 9.15. The van der Waals surface area contributed by atoms with E-state index in [0.29, 0.717) is 23.4 Å². The van der Waals surface area contributed by atoms with Gasteiger partial charge in [-0.15, -0.1) is 10.2 Å². The first-order chi connectivity index (χ1) is 12.3. The van der Waals surface area contributed by atoms with Gasteiger partial charge in [-0.3, -0.25) is 4.79 Å². The van der Waals surface area contributed by atoms with Gasteiger partial charge in [-0.05, 0) is 44.1 Å². The normalized spacial score (nSPS) is 14.4. The average Bonchev–Trinajstić information content (AvgIpc) is 3.30. The first-order valence-electron chi connectivity index (χ1n) is 8.22. The summed E-state index contributed by atoms with van der Waals surface area (Å²) in [5, 5.41) is 8.39. The molecule has 2 aromatic heterocycles. The van der Waals surface area contributed by atoms with Gasteiger partial charge in [0.1, 0.15) is 5.76 Å². The Kier molecular flexibility index (Phi) is 6.63. The molecule has 0 N–H and O–H groups in total. The summed E-state index contributed by atoms with van der Waals surface area (Å²) in [4.78, 5) is 14.6. The van der Waals surface area contributed by atoms with Crippen LogP contribution in [0.5, 0.6) is 0 Å². The van der Waals surface area contributed by atoms with Crippen molar-refractivity contribution in [2.75, 3.05) is 12.0 Å². The Morgan fingerprint density at radius 2 is 2.28 bits per heavy atom. The average molecular weight is 380 g/mol. The zero-order chi connectivity index (χ0) is 17.5. The third kappa shape index (κ3) is 5.15. The number of amides is 1. The molecule has 0 atom stereocenters. The summed E-state index contributed by atoms with van der Waals surface area (Å²) in [5.74, 6) is 2.34. The Hall–Kier alpha value is -1.67. The lowest BCUT2D eigenvalue weighted by atomic mass is 10.0. The number of allylic oxidation sites excluding steroid dienone is 2. The molecule has 1 aliphatic carbocycles. The lowest BCUT2D eigenvalue weighted by Gasteiger charge is -2.26. The van der Waals surface area contributed by atoms with Crippen LogP contribution in [0.1, 0.15) is 37.3 Å². The minimum absolute atomic E-state index is 0.0270. The second-order valence-corrected chi connectivity index (χ2v) is 7.48. The topological polar surface area (TPSA) is 72.4 Å².